The second kappa shape index (κ2) is 11.4. The number of aryl methyl sites for hydroxylation is 3. The number of hydrogen-bond donors (Lipinski definition) is 1. The van der Waals surface area contributed by atoms with Crippen LogP contribution in [0.15, 0.2) is 86.9 Å². The molecule has 0 saturated heterocycles. The first kappa shape index (κ1) is 27.1. The quantitative estimate of drug-likeness (QED) is 0.252. The summed E-state index contributed by atoms with van der Waals surface area (Å²) >= 11 is 0. The van der Waals surface area contributed by atoms with Crippen molar-refractivity contribution in [1.29, 1.82) is 0 Å². The first-order valence-corrected chi connectivity index (χ1v) is 14.2. The van der Waals surface area contributed by atoms with E-state index in [9.17, 15) is 9.59 Å². The smallest absolute Gasteiger partial charge is 0.330 e. The normalized spacial score (nSPS) is 11.4. The molecule has 9 heteroatoms. The Balaban J connectivity index is 1.34. The molecule has 212 valence electrons. The van der Waals surface area contributed by atoms with Crippen molar-refractivity contribution in [2.45, 2.75) is 46.1 Å². The number of imidazole rings is 1. The molecule has 0 spiro atoms. The largest absolute Gasteiger partial charge is 0.439 e. The van der Waals surface area contributed by atoms with E-state index < -0.39 is 5.76 Å². The van der Waals surface area contributed by atoms with Crippen LogP contribution in [0.5, 0.6) is 0 Å². The first-order chi connectivity index (χ1) is 20.4. The van der Waals surface area contributed by atoms with Crippen molar-refractivity contribution in [1.82, 2.24) is 29.2 Å². The van der Waals surface area contributed by atoms with Crippen LogP contribution in [0.3, 0.4) is 0 Å². The summed E-state index contributed by atoms with van der Waals surface area (Å²) in [5, 5.41) is 3.86. The van der Waals surface area contributed by atoms with Gasteiger partial charge in [0.2, 0.25) is 0 Å². The molecule has 0 aliphatic heterocycles. The van der Waals surface area contributed by atoms with Gasteiger partial charge in [-0.15, -0.1) is 0 Å². The summed E-state index contributed by atoms with van der Waals surface area (Å²) < 4.78 is 8.50. The fourth-order valence-electron chi connectivity index (χ4n) is 5.44. The van der Waals surface area contributed by atoms with E-state index in [2.05, 4.69) is 17.1 Å². The predicted octanol–water partition coefficient (Wildman–Crippen LogP) is 5.43. The van der Waals surface area contributed by atoms with Gasteiger partial charge in [0.25, 0.3) is 5.56 Å². The Labute approximate surface area is 242 Å². The fourth-order valence-corrected chi connectivity index (χ4v) is 5.44. The van der Waals surface area contributed by atoms with Crippen molar-refractivity contribution >= 4 is 11.0 Å². The van der Waals surface area contributed by atoms with Crippen LogP contribution in [-0.4, -0.2) is 29.2 Å². The molecule has 6 rings (SSSR count). The molecule has 0 amide bonds. The van der Waals surface area contributed by atoms with Gasteiger partial charge in [-0.2, -0.15) is 0 Å². The third-order valence-electron chi connectivity index (χ3n) is 7.75. The van der Waals surface area contributed by atoms with Crippen molar-refractivity contribution in [2.75, 3.05) is 0 Å². The number of rotatable bonds is 9. The molecule has 3 aromatic heterocycles. The van der Waals surface area contributed by atoms with E-state index in [0.717, 1.165) is 69.6 Å². The molecule has 9 nitrogen and oxygen atoms in total. The average molecular weight is 561 g/mol. The number of unbranched alkanes of at least 4 members (excludes halogenated alkanes) is 1. The molecule has 0 unspecified atom stereocenters. The summed E-state index contributed by atoms with van der Waals surface area (Å²) in [4.78, 5) is 37.9. The second-order valence-corrected chi connectivity index (χ2v) is 10.5. The standard InChI is InChI=1S/C33H32N6O3/c1-4-5-12-27-26(32(40)39(21(2)34-27)20-30-35-28-13-8-9-14-29(28)38(30)3)19-22-15-17-23(18-16-22)24-10-6-7-11-25(24)31-36-33(41)42-37-31/h6-11,13-18H,4-5,12,19-20H2,1-3H3,(H,36,37,41). The molecule has 3 heterocycles. The fraction of sp³-hybridized carbons (Fsp3) is 0.242. The van der Waals surface area contributed by atoms with Gasteiger partial charge in [-0.25, -0.2) is 14.8 Å². The lowest BCUT2D eigenvalue weighted by molar-refractivity contribution is 0.388. The Hall–Kier alpha value is -5.05. The maximum absolute atomic E-state index is 14.0. The molecule has 6 aromatic rings. The molecule has 0 aliphatic rings. The molecule has 0 radical (unpaired) electrons. The predicted molar refractivity (Wildman–Crippen MR) is 162 cm³/mol. The van der Waals surface area contributed by atoms with E-state index in [1.807, 2.05) is 91.3 Å². The lowest BCUT2D eigenvalue weighted by Gasteiger charge is -2.16. The summed E-state index contributed by atoms with van der Waals surface area (Å²) in [5.74, 6) is 1.29. The highest BCUT2D eigenvalue weighted by Crippen LogP contribution is 2.30. The molecular weight excluding hydrogens is 528 g/mol. The number of hydrogen-bond acceptors (Lipinski definition) is 6. The Morgan fingerprint density at radius 2 is 1.64 bits per heavy atom. The molecule has 42 heavy (non-hydrogen) atoms. The van der Waals surface area contributed by atoms with Crippen LogP contribution in [0, 0.1) is 6.92 Å². The second-order valence-electron chi connectivity index (χ2n) is 10.5. The molecule has 0 fully saturated rings. The van der Waals surface area contributed by atoms with Crippen LogP contribution in [0.1, 0.15) is 48.2 Å². The van der Waals surface area contributed by atoms with Crippen molar-refractivity contribution in [3.8, 4) is 22.5 Å². The van der Waals surface area contributed by atoms with Gasteiger partial charge in [-0.05, 0) is 48.6 Å². The number of aromatic nitrogens is 6. The monoisotopic (exact) mass is 560 g/mol. The Bertz CT molecular complexity index is 2000. The highest BCUT2D eigenvalue weighted by Gasteiger charge is 2.18. The van der Waals surface area contributed by atoms with Gasteiger partial charge in [-0.3, -0.25) is 18.9 Å². The number of nitrogens with one attached hydrogen (secondary N) is 1. The van der Waals surface area contributed by atoms with Gasteiger partial charge in [0.15, 0.2) is 5.82 Å². The molecule has 0 bridgehead atoms. The zero-order valence-corrected chi connectivity index (χ0v) is 23.9. The van der Waals surface area contributed by atoms with Gasteiger partial charge >= 0.3 is 5.76 Å². The molecule has 0 aliphatic carbocycles. The topological polar surface area (TPSA) is 112 Å². The minimum Gasteiger partial charge on any atom is -0.330 e. The van der Waals surface area contributed by atoms with Gasteiger partial charge in [-0.1, -0.05) is 79.2 Å². The van der Waals surface area contributed by atoms with Crippen molar-refractivity contribution < 1.29 is 4.52 Å². The van der Waals surface area contributed by atoms with Gasteiger partial charge in [0, 0.05) is 24.6 Å². The van der Waals surface area contributed by atoms with E-state index in [-0.39, 0.29) is 5.56 Å². The molecule has 1 N–H and O–H groups in total. The maximum atomic E-state index is 14.0. The number of nitrogens with zero attached hydrogens (tertiary/aromatic N) is 5. The Kier molecular flexibility index (Phi) is 7.39. The number of fused-ring (bicyclic) bond motifs is 1. The Morgan fingerprint density at radius 1 is 0.905 bits per heavy atom. The number of para-hydroxylation sites is 2. The highest BCUT2D eigenvalue weighted by molar-refractivity contribution is 5.80. The van der Waals surface area contributed by atoms with Crippen LogP contribution in [0.2, 0.25) is 0 Å². The minimum atomic E-state index is -0.595. The van der Waals surface area contributed by atoms with Crippen LogP contribution in [-0.2, 0) is 26.4 Å². The number of benzene rings is 3. The van der Waals surface area contributed by atoms with Crippen molar-refractivity contribution in [3.05, 3.63) is 122 Å². The van der Waals surface area contributed by atoms with E-state index in [4.69, 9.17) is 14.5 Å². The first-order valence-electron chi connectivity index (χ1n) is 14.2. The number of aromatic amines is 1. The SMILES string of the molecule is CCCCc1nc(C)n(Cc2nc3ccccc3n2C)c(=O)c1Cc1ccc(-c2ccccc2-c2noc(=O)[nH]2)cc1. The summed E-state index contributed by atoms with van der Waals surface area (Å²) in [7, 11) is 1.98. The van der Waals surface area contributed by atoms with Gasteiger partial charge in [0.05, 0.1) is 23.3 Å². The summed E-state index contributed by atoms with van der Waals surface area (Å²) in [5.41, 5.74) is 7.17. The molecule has 0 atom stereocenters. The third-order valence-corrected chi connectivity index (χ3v) is 7.75. The van der Waals surface area contributed by atoms with Gasteiger partial charge in [0.1, 0.15) is 11.6 Å². The Morgan fingerprint density at radius 3 is 2.36 bits per heavy atom. The highest BCUT2D eigenvalue weighted by atomic mass is 16.5. The van der Waals surface area contributed by atoms with Crippen LogP contribution < -0.4 is 11.3 Å². The maximum Gasteiger partial charge on any atom is 0.439 e. The molecule has 3 aromatic carbocycles. The van der Waals surface area contributed by atoms with Crippen molar-refractivity contribution in [3.63, 3.8) is 0 Å². The van der Waals surface area contributed by atoms with E-state index in [1.54, 1.807) is 4.57 Å². The lowest BCUT2D eigenvalue weighted by Crippen LogP contribution is -2.30. The summed E-state index contributed by atoms with van der Waals surface area (Å²) in [6, 6.07) is 23.8. The van der Waals surface area contributed by atoms with E-state index in [1.165, 1.54) is 0 Å². The zero-order valence-electron chi connectivity index (χ0n) is 23.9. The third kappa shape index (κ3) is 5.21. The number of H-pyrrole nitrogens is 1. The van der Waals surface area contributed by atoms with Gasteiger partial charge < -0.3 is 4.57 Å². The summed E-state index contributed by atoms with van der Waals surface area (Å²) in [6.07, 6.45) is 3.23. The van der Waals surface area contributed by atoms with Crippen molar-refractivity contribution in [2.24, 2.45) is 7.05 Å². The van der Waals surface area contributed by atoms with Crippen LogP contribution >= 0.6 is 0 Å². The summed E-state index contributed by atoms with van der Waals surface area (Å²) in [6.45, 7) is 4.39. The zero-order chi connectivity index (χ0) is 29.2. The van der Waals surface area contributed by atoms with Crippen LogP contribution in [0.25, 0.3) is 33.5 Å². The van der Waals surface area contributed by atoms with E-state index in [0.29, 0.717) is 24.6 Å². The average Bonchev–Trinajstić information content (AvgIpc) is 3.58. The molecular formula is C33H32N6O3. The van der Waals surface area contributed by atoms with E-state index >= 15 is 0 Å². The molecule has 0 saturated carbocycles. The lowest BCUT2D eigenvalue weighted by atomic mass is 9.96. The minimum absolute atomic E-state index is 0.0231. The van der Waals surface area contributed by atoms with Crippen LogP contribution in [0.4, 0.5) is 0 Å².